The Bertz CT molecular complexity index is 842. The summed E-state index contributed by atoms with van der Waals surface area (Å²) in [5.74, 6) is -0.365. The van der Waals surface area contributed by atoms with Crippen LogP contribution in [0.15, 0.2) is 42.5 Å². The van der Waals surface area contributed by atoms with Crippen molar-refractivity contribution < 1.29 is 9.59 Å². The molecule has 0 saturated heterocycles. The largest absolute Gasteiger partial charge is 0.355 e. The van der Waals surface area contributed by atoms with Crippen molar-refractivity contribution in [3.05, 3.63) is 68.7 Å². The summed E-state index contributed by atoms with van der Waals surface area (Å²) < 4.78 is 0. The molecule has 0 aliphatic rings. The predicted molar refractivity (Wildman–Crippen MR) is 115 cm³/mol. The van der Waals surface area contributed by atoms with Crippen LogP contribution >= 0.6 is 34.8 Å². The summed E-state index contributed by atoms with van der Waals surface area (Å²) in [6.45, 7) is 4.47. The number of carbonyl (C=O) groups excluding carboxylic acids is 2. The summed E-state index contributed by atoms with van der Waals surface area (Å²) in [5, 5.41) is 4.18. The molecule has 2 aromatic carbocycles. The summed E-state index contributed by atoms with van der Waals surface area (Å²) in [7, 11) is 0. The first-order valence-electron chi connectivity index (χ1n) is 9.11. The Kier molecular flexibility index (Phi) is 8.61. The molecule has 0 bridgehead atoms. The molecule has 7 heteroatoms. The first-order valence-corrected chi connectivity index (χ1v) is 10.2. The lowest BCUT2D eigenvalue weighted by atomic mass is 10.1. The molecule has 0 saturated carbocycles. The van der Waals surface area contributed by atoms with Gasteiger partial charge in [-0.3, -0.25) is 9.59 Å². The molecule has 0 heterocycles. The number of nitrogens with one attached hydrogen (secondary N) is 1. The molecule has 0 spiro atoms. The van der Waals surface area contributed by atoms with Gasteiger partial charge < -0.3 is 10.2 Å². The van der Waals surface area contributed by atoms with E-state index in [2.05, 4.69) is 5.32 Å². The Balaban J connectivity index is 2.32. The quantitative estimate of drug-likeness (QED) is 0.617. The lowest BCUT2D eigenvalue weighted by molar-refractivity contribution is -0.140. The highest BCUT2D eigenvalue weighted by atomic mass is 35.5. The molecule has 0 aliphatic carbocycles. The van der Waals surface area contributed by atoms with Gasteiger partial charge in [-0.05, 0) is 42.7 Å². The van der Waals surface area contributed by atoms with Crippen molar-refractivity contribution in [1.29, 1.82) is 0 Å². The molecule has 0 fully saturated rings. The van der Waals surface area contributed by atoms with Crippen molar-refractivity contribution in [2.45, 2.75) is 39.3 Å². The summed E-state index contributed by atoms with van der Waals surface area (Å²) >= 11 is 18.3. The van der Waals surface area contributed by atoms with Crippen LogP contribution in [0.2, 0.25) is 15.1 Å². The summed E-state index contributed by atoms with van der Waals surface area (Å²) in [6, 6.07) is 11.8. The number of nitrogens with zero attached hydrogens (tertiary/aromatic N) is 1. The van der Waals surface area contributed by atoms with Crippen LogP contribution in [0.5, 0.6) is 0 Å². The van der Waals surface area contributed by atoms with E-state index in [4.69, 9.17) is 34.8 Å². The second kappa shape index (κ2) is 10.7. The van der Waals surface area contributed by atoms with Crippen molar-refractivity contribution >= 4 is 46.6 Å². The van der Waals surface area contributed by atoms with Gasteiger partial charge in [0, 0.05) is 18.1 Å². The maximum absolute atomic E-state index is 13.2. The average Bonchev–Trinajstić information content (AvgIpc) is 2.66. The van der Waals surface area contributed by atoms with Crippen LogP contribution in [-0.4, -0.2) is 29.3 Å². The highest BCUT2D eigenvalue weighted by Gasteiger charge is 2.28. The Morgan fingerprint density at radius 3 is 2.32 bits per heavy atom. The maximum Gasteiger partial charge on any atom is 0.242 e. The molecule has 1 N–H and O–H groups in total. The zero-order valence-corrected chi connectivity index (χ0v) is 18.1. The SMILES string of the molecule is CCNC(=O)C(CC)N(Cc1ccccc1Cl)C(=O)Cc1ccc(Cl)c(Cl)c1. The van der Waals surface area contributed by atoms with Gasteiger partial charge in [0.1, 0.15) is 6.04 Å². The number of benzene rings is 2. The zero-order valence-electron chi connectivity index (χ0n) is 15.8. The number of amides is 2. The van der Waals surface area contributed by atoms with Gasteiger partial charge in [0.2, 0.25) is 11.8 Å². The Hall–Kier alpha value is -1.75. The van der Waals surface area contributed by atoms with Crippen LogP contribution in [0.3, 0.4) is 0 Å². The second-order valence-corrected chi connectivity index (χ2v) is 7.58. The minimum atomic E-state index is -0.591. The fourth-order valence-electron chi connectivity index (χ4n) is 2.95. The topological polar surface area (TPSA) is 49.4 Å². The van der Waals surface area contributed by atoms with Crippen LogP contribution in [0.4, 0.5) is 0 Å². The third-order valence-electron chi connectivity index (χ3n) is 4.37. The molecule has 2 aromatic rings. The van der Waals surface area contributed by atoms with Gasteiger partial charge in [-0.25, -0.2) is 0 Å². The van der Waals surface area contributed by atoms with Crippen molar-refractivity contribution in [2.75, 3.05) is 6.54 Å². The van der Waals surface area contributed by atoms with E-state index in [1.165, 1.54) is 0 Å². The van der Waals surface area contributed by atoms with Crippen molar-refractivity contribution in [3.8, 4) is 0 Å². The third kappa shape index (κ3) is 5.87. The van der Waals surface area contributed by atoms with Gasteiger partial charge in [-0.1, -0.05) is 66.0 Å². The highest BCUT2D eigenvalue weighted by molar-refractivity contribution is 6.42. The molecule has 28 heavy (non-hydrogen) atoms. The molecule has 0 aliphatic heterocycles. The molecule has 4 nitrogen and oxygen atoms in total. The van der Waals surface area contributed by atoms with Crippen LogP contribution in [0, 0.1) is 0 Å². The number of hydrogen-bond donors (Lipinski definition) is 1. The van der Waals surface area contributed by atoms with Gasteiger partial charge in [0.15, 0.2) is 0 Å². The van der Waals surface area contributed by atoms with Crippen LogP contribution in [0.1, 0.15) is 31.4 Å². The molecule has 1 unspecified atom stereocenters. The van der Waals surface area contributed by atoms with E-state index >= 15 is 0 Å². The molecule has 150 valence electrons. The monoisotopic (exact) mass is 440 g/mol. The number of likely N-dealkylation sites (N-methyl/N-ethyl adjacent to an activating group) is 1. The lowest BCUT2D eigenvalue weighted by Crippen LogP contribution is -2.49. The van der Waals surface area contributed by atoms with E-state index < -0.39 is 6.04 Å². The third-order valence-corrected chi connectivity index (χ3v) is 5.48. The molecular formula is C21H23Cl3N2O2. The molecular weight excluding hydrogens is 419 g/mol. The van der Waals surface area contributed by atoms with E-state index in [1.807, 2.05) is 32.0 Å². The molecule has 2 rings (SSSR count). The normalized spacial score (nSPS) is 11.8. The fourth-order valence-corrected chi connectivity index (χ4v) is 3.46. The van der Waals surface area contributed by atoms with Crippen LogP contribution < -0.4 is 5.32 Å². The van der Waals surface area contributed by atoms with E-state index in [9.17, 15) is 9.59 Å². The lowest BCUT2D eigenvalue weighted by Gasteiger charge is -2.31. The summed E-state index contributed by atoms with van der Waals surface area (Å²) in [6.07, 6.45) is 0.598. The van der Waals surface area contributed by atoms with E-state index in [-0.39, 0.29) is 24.8 Å². The minimum absolute atomic E-state index is 0.108. The highest BCUT2D eigenvalue weighted by Crippen LogP contribution is 2.24. The van der Waals surface area contributed by atoms with Crippen molar-refractivity contribution in [2.24, 2.45) is 0 Å². The van der Waals surface area contributed by atoms with Gasteiger partial charge in [-0.2, -0.15) is 0 Å². The number of rotatable bonds is 8. The molecule has 2 amide bonds. The number of hydrogen-bond acceptors (Lipinski definition) is 2. The van der Waals surface area contributed by atoms with Gasteiger partial charge >= 0.3 is 0 Å². The van der Waals surface area contributed by atoms with E-state index in [0.717, 1.165) is 11.1 Å². The smallest absolute Gasteiger partial charge is 0.242 e. The first kappa shape index (κ1) is 22.5. The Morgan fingerprint density at radius 2 is 1.71 bits per heavy atom. The maximum atomic E-state index is 13.2. The fraction of sp³-hybridized carbons (Fsp3) is 0.333. The van der Waals surface area contributed by atoms with Crippen molar-refractivity contribution in [3.63, 3.8) is 0 Å². The van der Waals surface area contributed by atoms with E-state index in [0.29, 0.717) is 28.0 Å². The second-order valence-electron chi connectivity index (χ2n) is 6.36. The zero-order chi connectivity index (χ0) is 20.7. The van der Waals surface area contributed by atoms with Crippen LogP contribution in [0.25, 0.3) is 0 Å². The van der Waals surface area contributed by atoms with E-state index in [1.54, 1.807) is 29.2 Å². The summed E-state index contributed by atoms with van der Waals surface area (Å²) in [5.41, 5.74) is 1.52. The van der Waals surface area contributed by atoms with Gasteiger partial charge in [0.05, 0.1) is 16.5 Å². The summed E-state index contributed by atoms with van der Waals surface area (Å²) in [4.78, 5) is 27.3. The number of carbonyl (C=O) groups is 2. The number of halogens is 3. The Labute approximate surface area is 180 Å². The standard InChI is InChI=1S/C21H23Cl3N2O2/c1-3-19(21(28)25-4-2)26(13-15-7-5-6-8-16(15)22)20(27)12-14-9-10-17(23)18(24)11-14/h5-11,19H,3-4,12-13H2,1-2H3,(H,25,28). The molecule has 0 radical (unpaired) electrons. The van der Waals surface area contributed by atoms with Gasteiger partial charge in [0.25, 0.3) is 0 Å². The average molecular weight is 442 g/mol. The first-order chi connectivity index (χ1) is 13.4. The molecule has 0 aromatic heterocycles. The molecule has 1 atom stereocenters. The van der Waals surface area contributed by atoms with Crippen LogP contribution in [-0.2, 0) is 22.6 Å². The minimum Gasteiger partial charge on any atom is -0.355 e. The van der Waals surface area contributed by atoms with Crippen molar-refractivity contribution in [1.82, 2.24) is 10.2 Å². The predicted octanol–water partition coefficient (Wildman–Crippen LogP) is 5.13. The van der Waals surface area contributed by atoms with Gasteiger partial charge in [-0.15, -0.1) is 0 Å². The Morgan fingerprint density at radius 1 is 1.00 bits per heavy atom.